The largest absolute Gasteiger partial charge is 0.423 e. The van der Waals surface area contributed by atoms with E-state index in [4.69, 9.17) is 9.15 Å². The first-order valence-electron chi connectivity index (χ1n) is 7.36. The van der Waals surface area contributed by atoms with Gasteiger partial charge in [-0.15, -0.1) is 5.10 Å². The van der Waals surface area contributed by atoms with E-state index in [0.29, 0.717) is 19.2 Å². The zero-order valence-electron chi connectivity index (χ0n) is 12.3. The molecule has 7 heteroatoms. The quantitative estimate of drug-likeness (QED) is 0.732. The van der Waals surface area contributed by atoms with Crippen molar-refractivity contribution >= 4 is 17.1 Å². The maximum absolute atomic E-state index is 5.87. The molecule has 2 aromatic heterocycles. The average Bonchev–Trinajstić information content (AvgIpc) is 3.16. The molecule has 3 aromatic rings. The lowest BCUT2D eigenvalue weighted by Crippen LogP contribution is -2.44. The average molecular weight is 299 g/mol. The van der Waals surface area contributed by atoms with Crippen LogP contribution in [0.5, 0.6) is 0 Å². The monoisotopic (exact) mass is 299 g/mol. The molecule has 1 aromatic carbocycles. The second-order valence-corrected chi connectivity index (χ2v) is 5.53. The van der Waals surface area contributed by atoms with E-state index >= 15 is 0 Å². The topological polar surface area (TPSA) is 69.2 Å². The number of benzene rings is 1. The number of aryl methyl sites for hydroxylation is 1. The molecular formula is C15H17N5O2. The van der Waals surface area contributed by atoms with Crippen LogP contribution in [-0.2, 0) is 11.3 Å². The number of aromatic nitrogens is 4. The minimum Gasteiger partial charge on any atom is -0.423 e. The fourth-order valence-corrected chi connectivity index (χ4v) is 2.70. The van der Waals surface area contributed by atoms with Crippen molar-refractivity contribution in [3.8, 4) is 0 Å². The SMILES string of the molecule is Cc1ccc2oc(N3CCOC(Cn4ccnn4)C3)nc2c1. The van der Waals surface area contributed by atoms with E-state index in [1.807, 2.05) is 24.4 Å². The Balaban J connectivity index is 1.53. The molecule has 22 heavy (non-hydrogen) atoms. The Morgan fingerprint density at radius 1 is 1.36 bits per heavy atom. The van der Waals surface area contributed by atoms with Crippen LogP contribution in [0, 0.1) is 6.92 Å². The van der Waals surface area contributed by atoms with Gasteiger partial charge in [-0.3, -0.25) is 0 Å². The van der Waals surface area contributed by atoms with Gasteiger partial charge in [-0.1, -0.05) is 11.3 Å². The first-order chi connectivity index (χ1) is 10.8. The zero-order chi connectivity index (χ0) is 14.9. The highest BCUT2D eigenvalue weighted by Crippen LogP contribution is 2.24. The highest BCUT2D eigenvalue weighted by Gasteiger charge is 2.24. The van der Waals surface area contributed by atoms with Gasteiger partial charge in [0, 0.05) is 12.7 Å². The number of nitrogens with zero attached hydrogens (tertiary/aromatic N) is 5. The van der Waals surface area contributed by atoms with Crippen LogP contribution in [-0.4, -0.2) is 45.8 Å². The van der Waals surface area contributed by atoms with Gasteiger partial charge in [0.2, 0.25) is 0 Å². The molecule has 0 bridgehead atoms. The van der Waals surface area contributed by atoms with Gasteiger partial charge in [0.15, 0.2) is 5.58 Å². The molecule has 0 spiro atoms. The summed E-state index contributed by atoms with van der Waals surface area (Å²) in [5.74, 6) is 0. The van der Waals surface area contributed by atoms with E-state index in [0.717, 1.165) is 24.2 Å². The minimum atomic E-state index is 0.0483. The van der Waals surface area contributed by atoms with Gasteiger partial charge in [0.05, 0.1) is 32.0 Å². The second-order valence-electron chi connectivity index (χ2n) is 5.53. The molecular weight excluding hydrogens is 282 g/mol. The fraction of sp³-hybridized carbons (Fsp3) is 0.400. The lowest BCUT2D eigenvalue weighted by Gasteiger charge is -2.31. The van der Waals surface area contributed by atoms with Gasteiger partial charge >= 0.3 is 0 Å². The van der Waals surface area contributed by atoms with Crippen molar-refractivity contribution in [1.29, 1.82) is 0 Å². The van der Waals surface area contributed by atoms with Gasteiger partial charge in [-0.2, -0.15) is 4.98 Å². The first kappa shape index (κ1) is 13.3. The maximum Gasteiger partial charge on any atom is 0.298 e. The van der Waals surface area contributed by atoms with Gasteiger partial charge in [0.25, 0.3) is 6.01 Å². The highest BCUT2D eigenvalue weighted by molar-refractivity contribution is 5.75. The number of morpholine rings is 1. The molecule has 1 unspecified atom stereocenters. The van der Waals surface area contributed by atoms with E-state index in [2.05, 4.69) is 27.1 Å². The molecule has 1 saturated heterocycles. The van der Waals surface area contributed by atoms with E-state index in [-0.39, 0.29) is 6.10 Å². The summed E-state index contributed by atoms with van der Waals surface area (Å²) < 4.78 is 13.4. The van der Waals surface area contributed by atoms with Crippen molar-refractivity contribution in [1.82, 2.24) is 20.0 Å². The molecule has 0 amide bonds. The van der Waals surface area contributed by atoms with E-state index in [1.54, 1.807) is 10.9 Å². The van der Waals surface area contributed by atoms with E-state index in [9.17, 15) is 0 Å². The van der Waals surface area contributed by atoms with E-state index < -0.39 is 0 Å². The standard InChI is InChI=1S/C15H17N5O2/c1-11-2-3-14-13(8-11)17-15(22-14)19-6-7-21-12(9-19)10-20-5-4-16-18-20/h2-5,8,12H,6-7,9-10H2,1H3. The smallest absolute Gasteiger partial charge is 0.298 e. The van der Waals surface area contributed by atoms with Crippen LogP contribution in [0.2, 0.25) is 0 Å². The molecule has 1 fully saturated rings. The summed E-state index contributed by atoms with van der Waals surface area (Å²) >= 11 is 0. The van der Waals surface area contributed by atoms with Crippen LogP contribution in [0.1, 0.15) is 5.56 Å². The highest BCUT2D eigenvalue weighted by atomic mass is 16.5. The Morgan fingerprint density at radius 3 is 3.18 bits per heavy atom. The summed E-state index contributed by atoms with van der Waals surface area (Å²) in [5.41, 5.74) is 2.90. The summed E-state index contributed by atoms with van der Waals surface area (Å²) in [6, 6.07) is 6.70. The first-order valence-corrected chi connectivity index (χ1v) is 7.36. The van der Waals surface area contributed by atoms with Gasteiger partial charge in [-0.05, 0) is 24.6 Å². The molecule has 4 rings (SSSR count). The molecule has 0 saturated carbocycles. The summed E-state index contributed by atoms with van der Waals surface area (Å²) in [7, 11) is 0. The number of fused-ring (bicyclic) bond motifs is 1. The maximum atomic E-state index is 5.87. The lowest BCUT2D eigenvalue weighted by atomic mass is 10.2. The number of oxazole rings is 1. The van der Waals surface area contributed by atoms with Crippen LogP contribution < -0.4 is 4.90 Å². The molecule has 0 aliphatic carbocycles. The summed E-state index contributed by atoms with van der Waals surface area (Å²) in [6.45, 7) is 4.88. The molecule has 1 aliphatic heterocycles. The van der Waals surface area contributed by atoms with Crippen molar-refractivity contribution in [2.24, 2.45) is 0 Å². The fourth-order valence-electron chi connectivity index (χ4n) is 2.70. The Kier molecular flexibility index (Phi) is 3.27. The number of hydrogen-bond acceptors (Lipinski definition) is 6. The van der Waals surface area contributed by atoms with Crippen LogP contribution in [0.25, 0.3) is 11.1 Å². The van der Waals surface area contributed by atoms with Crippen LogP contribution in [0.4, 0.5) is 6.01 Å². The van der Waals surface area contributed by atoms with Gasteiger partial charge < -0.3 is 14.1 Å². The van der Waals surface area contributed by atoms with Crippen LogP contribution >= 0.6 is 0 Å². The van der Waals surface area contributed by atoms with Gasteiger partial charge in [0.1, 0.15) is 5.52 Å². The number of ether oxygens (including phenoxy) is 1. The van der Waals surface area contributed by atoms with Crippen LogP contribution in [0.3, 0.4) is 0 Å². The predicted molar refractivity (Wildman–Crippen MR) is 80.7 cm³/mol. The number of rotatable bonds is 3. The van der Waals surface area contributed by atoms with Crippen molar-refractivity contribution in [2.75, 3.05) is 24.6 Å². The van der Waals surface area contributed by atoms with Crippen molar-refractivity contribution in [3.63, 3.8) is 0 Å². The van der Waals surface area contributed by atoms with Crippen molar-refractivity contribution < 1.29 is 9.15 Å². The summed E-state index contributed by atoms with van der Waals surface area (Å²) in [4.78, 5) is 6.72. The third kappa shape index (κ3) is 2.55. The Bertz CT molecular complexity index is 767. The molecule has 1 atom stereocenters. The summed E-state index contributed by atoms with van der Waals surface area (Å²) in [5, 5.41) is 7.80. The van der Waals surface area contributed by atoms with E-state index in [1.165, 1.54) is 5.56 Å². The third-order valence-corrected chi connectivity index (χ3v) is 3.80. The van der Waals surface area contributed by atoms with Crippen molar-refractivity contribution in [2.45, 2.75) is 19.6 Å². The molecule has 0 radical (unpaired) electrons. The zero-order valence-corrected chi connectivity index (χ0v) is 12.3. The minimum absolute atomic E-state index is 0.0483. The van der Waals surface area contributed by atoms with Gasteiger partial charge in [-0.25, -0.2) is 4.68 Å². The predicted octanol–water partition coefficient (Wildman–Crippen LogP) is 1.63. The second kappa shape index (κ2) is 5.42. The molecule has 7 nitrogen and oxygen atoms in total. The Hall–Kier alpha value is -2.41. The molecule has 1 aliphatic rings. The molecule has 0 N–H and O–H groups in total. The molecule has 3 heterocycles. The third-order valence-electron chi connectivity index (χ3n) is 3.80. The molecule has 114 valence electrons. The lowest BCUT2D eigenvalue weighted by molar-refractivity contribution is 0.0256. The Morgan fingerprint density at radius 2 is 2.32 bits per heavy atom. The Labute approximate surface area is 127 Å². The summed E-state index contributed by atoms with van der Waals surface area (Å²) in [6.07, 6.45) is 3.56. The van der Waals surface area contributed by atoms with Crippen molar-refractivity contribution in [3.05, 3.63) is 36.2 Å². The number of hydrogen-bond donors (Lipinski definition) is 0. The van der Waals surface area contributed by atoms with Crippen LogP contribution in [0.15, 0.2) is 35.0 Å². The number of anilines is 1. The normalized spacial score (nSPS) is 19.0.